The van der Waals surface area contributed by atoms with Crippen LogP contribution >= 0.6 is 31.9 Å². The molecule has 0 saturated heterocycles. The van der Waals surface area contributed by atoms with Crippen LogP contribution in [0.3, 0.4) is 0 Å². The zero-order valence-corrected chi connectivity index (χ0v) is 14.1. The van der Waals surface area contributed by atoms with E-state index < -0.39 is 0 Å². The van der Waals surface area contributed by atoms with Gasteiger partial charge in [0.05, 0.1) is 6.42 Å². The van der Waals surface area contributed by atoms with Crippen LogP contribution in [0.15, 0.2) is 28.7 Å². The molecule has 1 aliphatic rings. The summed E-state index contributed by atoms with van der Waals surface area (Å²) in [6, 6.07) is 8.52. The molecule has 1 saturated carbocycles. The molecule has 0 unspecified atom stereocenters. The maximum atomic E-state index is 12.4. The van der Waals surface area contributed by atoms with E-state index in [1.807, 2.05) is 24.3 Å². The number of nitrogens with zero attached hydrogens (tertiary/aromatic N) is 1. The monoisotopic (exact) mass is 387 g/mol. The first-order valence-electron chi connectivity index (χ1n) is 6.80. The van der Waals surface area contributed by atoms with Crippen LogP contribution in [0.4, 0.5) is 0 Å². The number of benzene rings is 1. The number of carbonyl (C=O) groups excluding carboxylic acids is 1. The zero-order chi connectivity index (χ0) is 13.7. The van der Waals surface area contributed by atoms with Gasteiger partial charge in [-0.1, -0.05) is 44.0 Å². The molecule has 0 aliphatic heterocycles. The molecule has 2 nitrogen and oxygen atoms in total. The Morgan fingerprint density at radius 1 is 1.26 bits per heavy atom. The third kappa shape index (κ3) is 4.32. The Balaban J connectivity index is 1.96. The number of carbonyl (C=O) groups is 1. The Morgan fingerprint density at radius 3 is 2.47 bits per heavy atom. The maximum absolute atomic E-state index is 12.4. The fourth-order valence-corrected chi connectivity index (χ4v) is 2.83. The highest BCUT2D eigenvalue weighted by atomic mass is 79.9. The average Bonchev–Trinajstić information content (AvgIpc) is 2.34. The van der Waals surface area contributed by atoms with Gasteiger partial charge in [0.1, 0.15) is 0 Å². The van der Waals surface area contributed by atoms with Gasteiger partial charge < -0.3 is 4.90 Å². The molecule has 4 heteroatoms. The van der Waals surface area contributed by atoms with E-state index >= 15 is 0 Å². The minimum Gasteiger partial charge on any atom is -0.339 e. The number of amides is 1. The van der Waals surface area contributed by atoms with E-state index in [9.17, 15) is 4.79 Å². The zero-order valence-electron chi connectivity index (χ0n) is 10.9. The molecule has 2 rings (SSSR count). The average molecular weight is 389 g/mol. The van der Waals surface area contributed by atoms with Gasteiger partial charge in [0.15, 0.2) is 0 Å². The van der Waals surface area contributed by atoms with E-state index in [1.54, 1.807) is 0 Å². The first-order valence-corrected chi connectivity index (χ1v) is 8.72. The third-order valence-electron chi connectivity index (χ3n) is 3.64. The summed E-state index contributed by atoms with van der Waals surface area (Å²) in [4.78, 5) is 14.5. The van der Waals surface area contributed by atoms with Crippen molar-refractivity contribution < 1.29 is 4.79 Å². The second-order valence-corrected chi connectivity index (χ2v) is 6.73. The fraction of sp³-hybridized carbons (Fsp3) is 0.533. The molecule has 0 heterocycles. The summed E-state index contributed by atoms with van der Waals surface area (Å²) in [7, 11) is 0. The van der Waals surface area contributed by atoms with Crippen molar-refractivity contribution in [1.29, 1.82) is 0 Å². The summed E-state index contributed by atoms with van der Waals surface area (Å²) in [5.41, 5.74) is 1.09. The van der Waals surface area contributed by atoms with Crippen LogP contribution in [0.5, 0.6) is 0 Å². The second kappa shape index (κ2) is 7.44. The van der Waals surface area contributed by atoms with Gasteiger partial charge in [-0.25, -0.2) is 0 Å². The maximum Gasteiger partial charge on any atom is 0.227 e. The first-order chi connectivity index (χ1) is 9.20. The van der Waals surface area contributed by atoms with Gasteiger partial charge in [-0.15, -0.1) is 0 Å². The predicted octanol–water partition coefficient (Wildman–Crippen LogP) is 4.16. The number of alkyl halides is 1. The lowest BCUT2D eigenvalue weighted by molar-refractivity contribution is -0.134. The van der Waals surface area contributed by atoms with Gasteiger partial charge in [-0.3, -0.25) is 4.79 Å². The molecular formula is C15H19Br2NO. The van der Waals surface area contributed by atoms with E-state index in [0.717, 1.165) is 28.3 Å². The Bertz CT molecular complexity index is 415. The van der Waals surface area contributed by atoms with Crippen LogP contribution in [0.1, 0.15) is 31.2 Å². The van der Waals surface area contributed by atoms with Crippen molar-refractivity contribution in [3.05, 3.63) is 34.3 Å². The van der Waals surface area contributed by atoms with Crippen molar-refractivity contribution in [2.75, 3.05) is 11.9 Å². The van der Waals surface area contributed by atoms with Crippen molar-refractivity contribution in [2.45, 2.75) is 38.1 Å². The lowest BCUT2D eigenvalue weighted by Gasteiger charge is -2.37. The Hall–Kier alpha value is -0.350. The molecule has 0 radical (unpaired) electrons. The summed E-state index contributed by atoms with van der Waals surface area (Å²) in [6.07, 6.45) is 5.17. The van der Waals surface area contributed by atoms with Crippen LogP contribution in [0.25, 0.3) is 0 Å². The van der Waals surface area contributed by atoms with E-state index in [0.29, 0.717) is 12.5 Å². The van der Waals surface area contributed by atoms with E-state index in [2.05, 4.69) is 36.8 Å². The standard InChI is InChI=1S/C15H19Br2NO/c16-9-2-10-18(14-3-1-4-14)15(19)11-12-5-7-13(17)8-6-12/h5-8,14H,1-4,9-11H2. The lowest BCUT2D eigenvalue weighted by atomic mass is 9.91. The highest BCUT2D eigenvalue weighted by Gasteiger charge is 2.28. The molecule has 1 fully saturated rings. The normalized spacial score (nSPS) is 15.1. The Kier molecular flexibility index (Phi) is 5.89. The van der Waals surface area contributed by atoms with Crippen LogP contribution in [-0.4, -0.2) is 28.7 Å². The molecule has 1 aliphatic carbocycles. The molecule has 1 aromatic rings. The highest BCUT2D eigenvalue weighted by Crippen LogP contribution is 2.26. The molecule has 104 valence electrons. The highest BCUT2D eigenvalue weighted by molar-refractivity contribution is 9.10. The van der Waals surface area contributed by atoms with Crippen LogP contribution in [0.2, 0.25) is 0 Å². The predicted molar refractivity (Wildman–Crippen MR) is 85.6 cm³/mol. The third-order valence-corrected chi connectivity index (χ3v) is 4.73. The van der Waals surface area contributed by atoms with Crippen molar-refractivity contribution in [3.63, 3.8) is 0 Å². The minimum atomic E-state index is 0.271. The molecule has 1 aromatic carbocycles. The summed E-state index contributed by atoms with van der Waals surface area (Å²) in [5.74, 6) is 0.271. The van der Waals surface area contributed by atoms with Gasteiger partial charge >= 0.3 is 0 Å². The molecule has 1 amide bonds. The van der Waals surface area contributed by atoms with Gasteiger partial charge in [0, 0.05) is 22.4 Å². The summed E-state index contributed by atoms with van der Waals surface area (Å²) in [6.45, 7) is 0.880. The Morgan fingerprint density at radius 2 is 1.95 bits per heavy atom. The fourth-order valence-electron chi connectivity index (χ4n) is 2.32. The summed E-state index contributed by atoms with van der Waals surface area (Å²) >= 11 is 6.87. The Labute approximate surface area is 131 Å². The van der Waals surface area contributed by atoms with Gasteiger partial charge in [0.25, 0.3) is 0 Å². The van der Waals surface area contributed by atoms with Crippen LogP contribution in [-0.2, 0) is 11.2 Å². The van der Waals surface area contributed by atoms with E-state index in [4.69, 9.17) is 0 Å². The quantitative estimate of drug-likeness (QED) is 0.670. The molecule has 0 bridgehead atoms. The van der Waals surface area contributed by atoms with Crippen molar-refractivity contribution >= 4 is 37.8 Å². The van der Waals surface area contributed by atoms with Gasteiger partial charge in [-0.2, -0.15) is 0 Å². The van der Waals surface area contributed by atoms with Crippen LogP contribution < -0.4 is 0 Å². The SMILES string of the molecule is O=C(Cc1ccc(Br)cc1)N(CCCBr)C1CCC1. The molecule has 0 spiro atoms. The molecule has 0 aromatic heterocycles. The number of hydrogen-bond donors (Lipinski definition) is 0. The molecular weight excluding hydrogens is 370 g/mol. The summed E-state index contributed by atoms with van der Waals surface area (Å²) < 4.78 is 1.05. The summed E-state index contributed by atoms with van der Waals surface area (Å²) in [5, 5.41) is 0.960. The first kappa shape index (κ1) is 15.0. The van der Waals surface area contributed by atoms with Gasteiger partial charge in [-0.05, 0) is 43.4 Å². The lowest BCUT2D eigenvalue weighted by Crippen LogP contribution is -2.45. The largest absolute Gasteiger partial charge is 0.339 e. The van der Waals surface area contributed by atoms with Crippen molar-refractivity contribution in [1.82, 2.24) is 4.90 Å². The molecule has 0 atom stereocenters. The van der Waals surface area contributed by atoms with Crippen LogP contribution in [0, 0.1) is 0 Å². The second-order valence-electron chi connectivity index (χ2n) is 5.02. The smallest absolute Gasteiger partial charge is 0.227 e. The number of rotatable bonds is 6. The minimum absolute atomic E-state index is 0.271. The number of halogens is 2. The number of hydrogen-bond acceptors (Lipinski definition) is 1. The molecule has 19 heavy (non-hydrogen) atoms. The van der Waals surface area contributed by atoms with E-state index in [1.165, 1.54) is 19.3 Å². The van der Waals surface area contributed by atoms with Crippen molar-refractivity contribution in [3.8, 4) is 0 Å². The topological polar surface area (TPSA) is 20.3 Å². The van der Waals surface area contributed by atoms with E-state index in [-0.39, 0.29) is 5.91 Å². The van der Waals surface area contributed by atoms with Gasteiger partial charge in [0.2, 0.25) is 5.91 Å². The van der Waals surface area contributed by atoms with Crippen molar-refractivity contribution in [2.24, 2.45) is 0 Å². The molecule has 0 N–H and O–H groups in total.